The van der Waals surface area contributed by atoms with Crippen molar-refractivity contribution in [3.63, 3.8) is 0 Å². The molecule has 15 heavy (non-hydrogen) atoms. The molecule has 0 unspecified atom stereocenters. The molecular weight excluding hydrogens is 188 g/mol. The van der Waals surface area contributed by atoms with Gasteiger partial charge in [-0.3, -0.25) is 4.79 Å². The quantitative estimate of drug-likeness (QED) is 0.491. The maximum Gasteiger partial charge on any atom is 0.223 e. The summed E-state index contributed by atoms with van der Waals surface area (Å²) in [4.78, 5) is 13.4. The molecule has 1 amide bonds. The van der Waals surface area contributed by atoms with E-state index in [2.05, 4.69) is 25.7 Å². The smallest absolute Gasteiger partial charge is 0.223 e. The van der Waals surface area contributed by atoms with Gasteiger partial charge in [-0.05, 0) is 12.8 Å². The maximum atomic E-state index is 11.6. The van der Waals surface area contributed by atoms with Gasteiger partial charge in [0.1, 0.15) is 0 Å². The number of carbonyl (C=O) groups is 1. The highest BCUT2D eigenvalue weighted by Crippen LogP contribution is 1.96. The summed E-state index contributed by atoms with van der Waals surface area (Å²) in [6.07, 6.45) is 4.45. The molecule has 0 heterocycles. The third kappa shape index (κ3) is 8.18. The number of amides is 1. The molecule has 0 spiro atoms. The van der Waals surface area contributed by atoms with Gasteiger partial charge < -0.3 is 10.2 Å². The van der Waals surface area contributed by atoms with Crippen molar-refractivity contribution in [1.29, 1.82) is 0 Å². The van der Waals surface area contributed by atoms with Crippen molar-refractivity contribution >= 4 is 5.91 Å². The molecule has 0 aromatic heterocycles. The van der Waals surface area contributed by atoms with Crippen LogP contribution in [0.1, 0.15) is 33.1 Å². The Morgan fingerprint density at radius 3 is 2.73 bits per heavy atom. The Hall–Kier alpha value is -0.830. The lowest BCUT2D eigenvalue weighted by Crippen LogP contribution is -2.32. The van der Waals surface area contributed by atoms with Gasteiger partial charge in [0.15, 0.2) is 0 Å². The molecule has 0 atom stereocenters. The van der Waals surface area contributed by atoms with E-state index in [-0.39, 0.29) is 5.91 Å². The first kappa shape index (κ1) is 14.2. The molecule has 0 aromatic rings. The number of hydrogen-bond acceptors (Lipinski definition) is 2. The lowest BCUT2D eigenvalue weighted by atomic mass is 10.2. The van der Waals surface area contributed by atoms with Crippen LogP contribution in [-0.4, -0.2) is 37.0 Å². The van der Waals surface area contributed by atoms with Crippen LogP contribution in [0.3, 0.4) is 0 Å². The lowest BCUT2D eigenvalue weighted by Gasteiger charge is -2.17. The van der Waals surface area contributed by atoms with Crippen LogP contribution < -0.4 is 5.32 Å². The first-order valence-electron chi connectivity index (χ1n) is 5.66. The van der Waals surface area contributed by atoms with Crippen LogP contribution in [0.4, 0.5) is 0 Å². The van der Waals surface area contributed by atoms with Crippen LogP contribution in [0, 0.1) is 0 Å². The van der Waals surface area contributed by atoms with Gasteiger partial charge in [-0.1, -0.05) is 19.9 Å². The molecular formula is C12H24N2O. The number of unbranched alkanes of at least 4 members (excludes halogenated alkanes) is 1. The van der Waals surface area contributed by atoms with E-state index in [1.807, 2.05) is 13.1 Å². The second-order valence-corrected chi connectivity index (χ2v) is 4.11. The summed E-state index contributed by atoms with van der Waals surface area (Å²) in [5.41, 5.74) is 0. The van der Waals surface area contributed by atoms with E-state index in [9.17, 15) is 4.79 Å². The van der Waals surface area contributed by atoms with E-state index in [1.165, 1.54) is 0 Å². The van der Waals surface area contributed by atoms with Crippen molar-refractivity contribution in [2.75, 3.05) is 20.1 Å². The molecule has 0 aliphatic rings. The van der Waals surface area contributed by atoms with Crippen molar-refractivity contribution in [1.82, 2.24) is 10.2 Å². The SMILES string of the molecule is C=CCCCN(C)C(=O)CCNC(C)C. The molecule has 0 radical (unpaired) electrons. The van der Waals surface area contributed by atoms with Crippen LogP contribution in [-0.2, 0) is 4.79 Å². The van der Waals surface area contributed by atoms with Gasteiger partial charge in [0.05, 0.1) is 0 Å². The molecule has 3 nitrogen and oxygen atoms in total. The lowest BCUT2D eigenvalue weighted by molar-refractivity contribution is -0.129. The molecule has 0 aliphatic heterocycles. The molecule has 0 bridgehead atoms. The highest BCUT2D eigenvalue weighted by Gasteiger charge is 2.07. The van der Waals surface area contributed by atoms with Crippen LogP contribution >= 0.6 is 0 Å². The maximum absolute atomic E-state index is 11.6. The molecule has 0 aromatic carbocycles. The zero-order chi connectivity index (χ0) is 11.7. The fourth-order valence-corrected chi connectivity index (χ4v) is 1.26. The molecule has 1 N–H and O–H groups in total. The van der Waals surface area contributed by atoms with Gasteiger partial charge in [-0.2, -0.15) is 0 Å². The first-order valence-corrected chi connectivity index (χ1v) is 5.66. The van der Waals surface area contributed by atoms with E-state index in [0.717, 1.165) is 25.9 Å². The standard InChI is InChI=1S/C12H24N2O/c1-5-6-7-10-14(4)12(15)8-9-13-11(2)3/h5,11,13H,1,6-10H2,2-4H3. The summed E-state index contributed by atoms with van der Waals surface area (Å²) in [6.45, 7) is 9.41. The van der Waals surface area contributed by atoms with E-state index in [1.54, 1.807) is 4.90 Å². The highest BCUT2D eigenvalue weighted by molar-refractivity contribution is 5.76. The average Bonchev–Trinajstić information content (AvgIpc) is 2.17. The molecule has 0 saturated heterocycles. The minimum Gasteiger partial charge on any atom is -0.346 e. The topological polar surface area (TPSA) is 32.3 Å². The van der Waals surface area contributed by atoms with Crippen molar-refractivity contribution in [2.45, 2.75) is 39.2 Å². The third-order valence-corrected chi connectivity index (χ3v) is 2.22. The molecule has 0 fully saturated rings. The fourth-order valence-electron chi connectivity index (χ4n) is 1.26. The van der Waals surface area contributed by atoms with Crippen molar-refractivity contribution in [2.24, 2.45) is 0 Å². The minimum atomic E-state index is 0.215. The average molecular weight is 212 g/mol. The zero-order valence-corrected chi connectivity index (χ0v) is 10.3. The van der Waals surface area contributed by atoms with Crippen molar-refractivity contribution in [3.8, 4) is 0 Å². The van der Waals surface area contributed by atoms with E-state index < -0.39 is 0 Å². The third-order valence-electron chi connectivity index (χ3n) is 2.22. The Labute approximate surface area is 93.5 Å². The van der Waals surface area contributed by atoms with Gasteiger partial charge in [0.2, 0.25) is 5.91 Å². The van der Waals surface area contributed by atoms with E-state index in [4.69, 9.17) is 0 Å². The van der Waals surface area contributed by atoms with Crippen molar-refractivity contribution in [3.05, 3.63) is 12.7 Å². The van der Waals surface area contributed by atoms with E-state index >= 15 is 0 Å². The predicted octanol–water partition coefficient (Wildman–Crippen LogP) is 1.80. The number of rotatable bonds is 8. The number of allylic oxidation sites excluding steroid dienone is 1. The second-order valence-electron chi connectivity index (χ2n) is 4.11. The minimum absolute atomic E-state index is 0.215. The molecule has 3 heteroatoms. The Morgan fingerprint density at radius 2 is 2.20 bits per heavy atom. The number of nitrogens with zero attached hydrogens (tertiary/aromatic N) is 1. The molecule has 88 valence electrons. The zero-order valence-electron chi connectivity index (χ0n) is 10.3. The normalized spacial score (nSPS) is 10.4. The summed E-state index contributed by atoms with van der Waals surface area (Å²) >= 11 is 0. The Bertz CT molecular complexity index is 190. The summed E-state index contributed by atoms with van der Waals surface area (Å²) in [5, 5.41) is 3.23. The van der Waals surface area contributed by atoms with Crippen molar-refractivity contribution < 1.29 is 4.79 Å². The van der Waals surface area contributed by atoms with Crippen LogP contribution in [0.15, 0.2) is 12.7 Å². The highest BCUT2D eigenvalue weighted by atomic mass is 16.2. The van der Waals surface area contributed by atoms with Crippen LogP contribution in [0.2, 0.25) is 0 Å². The largest absolute Gasteiger partial charge is 0.346 e. The molecule has 0 saturated carbocycles. The fraction of sp³-hybridized carbons (Fsp3) is 0.750. The Morgan fingerprint density at radius 1 is 1.53 bits per heavy atom. The van der Waals surface area contributed by atoms with Crippen LogP contribution in [0.5, 0.6) is 0 Å². The van der Waals surface area contributed by atoms with Gasteiger partial charge in [0.25, 0.3) is 0 Å². The summed E-state index contributed by atoms with van der Waals surface area (Å²) < 4.78 is 0. The van der Waals surface area contributed by atoms with Gasteiger partial charge in [0, 0.05) is 32.6 Å². The predicted molar refractivity (Wildman–Crippen MR) is 64.8 cm³/mol. The summed E-state index contributed by atoms with van der Waals surface area (Å²) in [6, 6.07) is 0.448. The number of carbonyl (C=O) groups excluding carboxylic acids is 1. The Balaban J connectivity index is 3.55. The van der Waals surface area contributed by atoms with Crippen LogP contribution in [0.25, 0.3) is 0 Å². The first-order chi connectivity index (χ1) is 7.07. The van der Waals surface area contributed by atoms with Gasteiger partial charge >= 0.3 is 0 Å². The number of nitrogens with one attached hydrogen (secondary N) is 1. The summed E-state index contributed by atoms with van der Waals surface area (Å²) in [5.74, 6) is 0.215. The second kappa shape index (κ2) is 8.48. The molecule has 0 rings (SSSR count). The number of hydrogen-bond donors (Lipinski definition) is 1. The molecule has 0 aliphatic carbocycles. The Kier molecular flexibility index (Phi) is 8.01. The monoisotopic (exact) mass is 212 g/mol. The van der Waals surface area contributed by atoms with Gasteiger partial charge in [-0.15, -0.1) is 6.58 Å². The summed E-state index contributed by atoms with van der Waals surface area (Å²) in [7, 11) is 1.86. The van der Waals surface area contributed by atoms with E-state index in [0.29, 0.717) is 12.5 Å². The van der Waals surface area contributed by atoms with Gasteiger partial charge in [-0.25, -0.2) is 0 Å².